The Hall–Kier alpha value is -9.27. The third-order valence-corrected chi connectivity index (χ3v) is 13.8. The molecule has 0 saturated heterocycles. The van der Waals surface area contributed by atoms with Crippen LogP contribution in [-0.2, 0) is 0 Å². The van der Waals surface area contributed by atoms with Gasteiger partial charge in [0, 0.05) is 60.2 Å². The first-order valence-corrected chi connectivity index (χ1v) is 22.6. The van der Waals surface area contributed by atoms with Crippen molar-refractivity contribution in [1.82, 2.24) is 37.8 Å². The van der Waals surface area contributed by atoms with E-state index in [4.69, 9.17) is 15.0 Å². The van der Waals surface area contributed by atoms with E-state index in [0.29, 0.717) is 22.9 Å². The van der Waals surface area contributed by atoms with Crippen LogP contribution in [0.5, 0.6) is 0 Å². The smallest absolute Gasteiger partial charge is 0.238 e. The lowest BCUT2D eigenvalue weighted by Crippen LogP contribution is -2.08. The third-order valence-electron chi connectivity index (χ3n) is 13.8. The molecule has 67 heavy (non-hydrogen) atoms. The normalized spacial score (nSPS) is 12.2. The molecule has 0 aliphatic rings. The van der Waals surface area contributed by atoms with Crippen LogP contribution in [0.25, 0.3) is 127 Å². The average Bonchev–Trinajstić information content (AvgIpc) is 4.20. The molecule has 0 spiro atoms. The van der Waals surface area contributed by atoms with E-state index in [0.717, 1.165) is 88.1 Å². The van der Waals surface area contributed by atoms with Gasteiger partial charge >= 0.3 is 0 Å². The number of fused-ring (bicyclic) bond motifs is 14. The van der Waals surface area contributed by atoms with Crippen LogP contribution in [0, 0.1) is 0 Å². The topological polar surface area (TPSA) is 63.3 Å². The zero-order valence-electron chi connectivity index (χ0n) is 35.9. The second kappa shape index (κ2) is 13.6. The van der Waals surface area contributed by atoms with Gasteiger partial charge in [-0.2, -0.15) is 9.97 Å². The molecular formula is C59H36N8. The Labute approximate surface area is 382 Å². The maximum atomic E-state index is 5.72. The minimum atomic E-state index is 0.556. The summed E-state index contributed by atoms with van der Waals surface area (Å²) in [6, 6.07) is 75.7. The first-order chi connectivity index (χ1) is 33.3. The molecule has 9 aromatic carbocycles. The average molecular weight is 857 g/mol. The van der Waals surface area contributed by atoms with Gasteiger partial charge in [-0.3, -0.25) is 13.7 Å². The predicted molar refractivity (Wildman–Crippen MR) is 274 cm³/mol. The number of hydrogen-bond donors (Lipinski definition) is 0. The van der Waals surface area contributed by atoms with Crippen LogP contribution in [0.15, 0.2) is 219 Å². The molecule has 0 N–H and O–H groups in total. The maximum Gasteiger partial charge on any atom is 0.238 e. The minimum absolute atomic E-state index is 0.556. The van der Waals surface area contributed by atoms with E-state index in [2.05, 4.69) is 229 Å². The van der Waals surface area contributed by atoms with Gasteiger partial charge in [0.05, 0.1) is 44.1 Å². The summed E-state index contributed by atoms with van der Waals surface area (Å²) in [4.78, 5) is 16.4. The van der Waals surface area contributed by atoms with Crippen LogP contribution in [0.2, 0.25) is 0 Å². The molecule has 0 atom stereocenters. The molecule has 312 valence electrons. The first kappa shape index (κ1) is 36.1. The van der Waals surface area contributed by atoms with Crippen molar-refractivity contribution in [3.05, 3.63) is 219 Å². The lowest BCUT2D eigenvalue weighted by atomic mass is 10.1. The summed E-state index contributed by atoms with van der Waals surface area (Å²) in [6.07, 6.45) is 1.88. The van der Waals surface area contributed by atoms with Gasteiger partial charge in [0.2, 0.25) is 5.95 Å². The number of para-hydroxylation sites is 7. The highest BCUT2D eigenvalue weighted by atomic mass is 15.2. The van der Waals surface area contributed by atoms with Gasteiger partial charge in [-0.1, -0.05) is 133 Å². The molecule has 8 heteroatoms. The Morgan fingerprint density at radius 3 is 1.42 bits per heavy atom. The van der Waals surface area contributed by atoms with Gasteiger partial charge < -0.3 is 9.13 Å². The molecule has 0 fully saturated rings. The van der Waals surface area contributed by atoms with Crippen LogP contribution < -0.4 is 0 Å². The van der Waals surface area contributed by atoms with Crippen molar-refractivity contribution in [1.29, 1.82) is 0 Å². The van der Waals surface area contributed by atoms with Gasteiger partial charge in [-0.25, -0.2) is 4.98 Å². The Balaban J connectivity index is 1.09. The van der Waals surface area contributed by atoms with Gasteiger partial charge in [-0.15, -0.1) is 0 Å². The van der Waals surface area contributed by atoms with Crippen LogP contribution in [-0.4, -0.2) is 37.8 Å². The fourth-order valence-corrected chi connectivity index (χ4v) is 11.0. The molecule has 6 aromatic heterocycles. The van der Waals surface area contributed by atoms with Gasteiger partial charge in [-0.05, 0) is 78.9 Å². The lowest BCUT2D eigenvalue weighted by Gasteiger charge is -2.13. The van der Waals surface area contributed by atoms with Crippen LogP contribution in [0.1, 0.15) is 0 Å². The Morgan fingerprint density at radius 1 is 0.313 bits per heavy atom. The van der Waals surface area contributed by atoms with E-state index in [1.807, 2.05) is 12.4 Å². The second-order valence-corrected chi connectivity index (χ2v) is 17.3. The van der Waals surface area contributed by atoms with Crippen LogP contribution in [0.3, 0.4) is 0 Å². The van der Waals surface area contributed by atoms with E-state index in [-0.39, 0.29) is 0 Å². The number of benzene rings is 9. The van der Waals surface area contributed by atoms with Crippen molar-refractivity contribution in [2.45, 2.75) is 0 Å². The van der Waals surface area contributed by atoms with Crippen molar-refractivity contribution in [3.63, 3.8) is 0 Å². The second-order valence-electron chi connectivity index (χ2n) is 17.3. The summed E-state index contributed by atoms with van der Waals surface area (Å²) in [7, 11) is 0. The summed E-state index contributed by atoms with van der Waals surface area (Å²) < 4.78 is 11.4. The first-order valence-electron chi connectivity index (χ1n) is 22.6. The minimum Gasteiger partial charge on any atom is -0.309 e. The standard InChI is InChI=1S/C59H36N8/c1-4-18-37(19-5-1)63-36-60-55-57(63)61-59(67-50-31-17-13-27-44(50)54-51(67)33-32-43-40-24-10-15-29-48(40)65(56(43)54)39-22-8-3-9-23-39)62-58(55)66-49-30-16-12-26-42(49)46-34-52-45(35-53(46)66)41-25-11-14-28-47(41)64(52)38-20-6-2-7-21-38/h1-36H. The van der Waals surface area contributed by atoms with Crippen LogP contribution in [0.4, 0.5) is 0 Å². The fourth-order valence-electron chi connectivity index (χ4n) is 11.0. The number of aromatic nitrogens is 8. The molecule has 0 aliphatic carbocycles. The number of imidazole rings is 1. The number of nitrogens with zero attached hydrogens (tertiary/aromatic N) is 8. The van der Waals surface area contributed by atoms with Crippen molar-refractivity contribution in [2.24, 2.45) is 0 Å². The van der Waals surface area contributed by atoms with E-state index >= 15 is 0 Å². The van der Waals surface area contributed by atoms with Crippen molar-refractivity contribution >= 4 is 98.4 Å². The SMILES string of the molecule is c1ccc(-n2cnc3c(-n4c5ccccc5c5cc6c(cc54)c4ccccc4n6-c4ccccc4)nc(-n4c5ccccc5c5c4ccc4c6ccccc6n(-c6ccccc6)c45)nc32)cc1. The molecular weight excluding hydrogens is 821 g/mol. The van der Waals surface area contributed by atoms with E-state index in [9.17, 15) is 0 Å². The highest BCUT2D eigenvalue weighted by Crippen LogP contribution is 2.44. The molecule has 0 unspecified atom stereocenters. The van der Waals surface area contributed by atoms with E-state index < -0.39 is 0 Å². The van der Waals surface area contributed by atoms with Crippen LogP contribution >= 0.6 is 0 Å². The van der Waals surface area contributed by atoms with Crippen molar-refractivity contribution in [2.75, 3.05) is 0 Å². The molecule has 0 aliphatic heterocycles. The Morgan fingerprint density at radius 2 is 0.791 bits per heavy atom. The third kappa shape index (κ3) is 4.98. The zero-order valence-corrected chi connectivity index (χ0v) is 35.9. The molecule has 15 rings (SSSR count). The monoisotopic (exact) mass is 856 g/mol. The largest absolute Gasteiger partial charge is 0.309 e. The fraction of sp³-hybridized carbons (Fsp3) is 0. The number of hydrogen-bond acceptors (Lipinski definition) is 3. The molecule has 15 aromatic rings. The molecule has 0 amide bonds. The molecule has 8 nitrogen and oxygen atoms in total. The van der Waals surface area contributed by atoms with Gasteiger partial charge in [0.1, 0.15) is 6.33 Å². The van der Waals surface area contributed by atoms with Gasteiger partial charge in [0.25, 0.3) is 0 Å². The quantitative estimate of drug-likeness (QED) is 0.173. The summed E-state index contributed by atoms with van der Waals surface area (Å²) >= 11 is 0. The number of rotatable bonds is 5. The highest BCUT2D eigenvalue weighted by molar-refractivity contribution is 6.26. The van der Waals surface area contributed by atoms with Gasteiger partial charge in [0.15, 0.2) is 17.0 Å². The molecule has 0 bridgehead atoms. The van der Waals surface area contributed by atoms with Crippen molar-refractivity contribution < 1.29 is 0 Å². The summed E-state index contributed by atoms with van der Waals surface area (Å²) in [5.74, 6) is 1.26. The predicted octanol–water partition coefficient (Wildman–Crippen LogP) is 14.2. The van der Waals surface area contributed by atoms with E-state index in [1.54, 1.807) is 0 Å². The summed E-state index contributed by atoms with van der Waals surface area (Å²) in [5, 5.41) is 9.28. The lowest BCUT2D eigenvalue weighted by molar-refractivity contribution is 0.957. The summed E-state index contributed by atoms with van der Waals surface area (Å²) in [5.41, 5.74) is 13.3. The maximum absolute atomic E-state index is 5.72. The highest BCUT2D eigenvalue weighted by Gasteiger charge is 2.26. The zero-order chi connectivity index (χ0) is 43.7. The summed E-state index contributed by atoms with van der Waals surface area (Å²) in [6.45, 7) is 0. The van der Waals surface area contributed by atoms with E-state index in [1.165, 1.54) is 16.2 Å². The molecule has 0 radical (unpaired) electrons. The molecule has 0 saturated carbocycles. The Kier molecular flexibility index (Phi) is 7.34. The molecule has 6 heterocycles. The van der Waals surface area contributed by atoms with Crippen molar-refractivity contribution in [3.8, 4) is 28.8 Å². The Bertz CT molecular complexity index is 4490.